The SMILES string of the molecule is COc1ccc(C2/C(=C(/O)c3ccc(OC(C)C)c(C)c3)C(=O)C(=O)N2c2ccccc2)cc1. The Morgan fingerprint density at radius 1 is 0.971 bits per heavy atom. The van der Waals surface area contributed by atoms with Gasteiger partial charge in [-0.15, -0.1) is 0 Å². The summed E-state index contributed by atoms with van der Waals surface area (Å²) in [6, 6.07) is 20.5. The molecule has 1 unspecified atom stereocenters. The van der Waals surface area contributed by atoms with Crippen LogP contribution in [0, 0.1) is 6.92 Å². The number of ether oxygens (including phenoxy) is 2. The topological polar surface area (TPSA) is 76.1 Å². The highest BCUT2D eigenvalue weighted by molar-refractivity contribution is 6.51. The average Bonchev–Trinajstić information content (AvgIpc) is 3.10. The largest absolute Gasteiger partial charge is 0.507 e. The van der Waals surface area contributed by atoms with Crippen LogP contribution >= 0.6 is 0 Å². The highest BCUT2D eigenvalue weighted by Crippen LogP contribution is 2.42. The highest BCUT2D eigenvalue weighted by atomic mass is 16.5. The Morgan fingerprint density at radius 2 is 1.65 bits per heavy atom. The van der Waals surface area contributed by atoms with Gasteiger partial charge < -0.3 is 14.6 Å². The van der Waals surface area contributed by atoms with Gasteiger partial charge >= 0.3 is 0 Å². The fraction of sp³-hybridized carbons (Fsp3) is 0.214. The predicted molar refractivity (Wildman–Crippen MR) is 131 cm³/mol. The molecule has 174 valence electrons. The average molecular weight is 458 g/mol. The van der Waals surface area contributed by atoms with E-state index in [1.54, 1.807) is 73.8 Å². The van der Waals surface area contributed by atoms with Crippen LogP contribution in [0.5, 0.6) is 11.5 Å². The zero-order chi connectivity index (χ0) is 24.4. The van der Waals surface area contributed by atoms with E-state index in [4.69, 9.17) is 9.47 Å². The van der Waals surface area contributed by atoms with Crippen molar-refractivity contribution in [2.24, 2.45) is 0 Å². The highest BCUT2D eigenvalue weighted by Gasteiger charge is 2.46. The summed E-state index contributed by atoms with van der Waals surface area (Å²) < 4.78 is 11.1. The van der Waals surface area contributed by atoms with Gasteiger partial charge in [0.25, 0.3) is 11.7 Å². The van der Waals surface area contributed by atoms with Crippen LogP contribution in [0.25, 0.3) is 5.76 Å². The number of aryl methyl sites for hydroxylation is 1. The lowest BCUT2D eigenvalue weighted by Gasteiger charge is -2.25. The van der Waals surface area contributed by atoms with Crippen LogP contribution in [0.1, 0.15) is 36.6 Å². The first-order chi connectivity index (χ1) is 16.3. The van der Waals surface area contributed by atoms with Gasteiger partial charge in [0.1, 0.15) is 17.3 Å². The number of ketones is 1. The van der Waals surface area contributed by atoms with E-state index in [0.717, 1.165) is 5.56 Å². The molecule has 1 saturated heterocycles. The molecular formula is C28H27NO5. The molecule has 6 heteroatoms. The normalized spacial score (nSPS) is 17.3. The van der Waals surface area contributed by atoms with Gasteiger partial charge in [-0.2, -0.15) is 0 Å². The number of amides is 1. The van der Waals surface area contributed by atoms with E-state index in [0.29, 0.717) is 28.3 Å². The van der Waals surface area contributed by atoms with E-state index in [9.17, 15) is 14.7 Å². The second-order valence-electron chi connectivity index (χ2n) is 8.42. The second-order valence-corrected chi connectivity index (χ2v) is 8.42. The lowest BCUT2D eigenvalue weighted by atomic mass is 9.94. The molecule has 0 saturated carbocycles. The van der Waals surface area contributed by atoms with Crippen molar-refractivity contribution in [3.8, 4) is 11.5 Å². The molecule has 1 N–H and O–H groups in total. The maximum Gasteiger partial charge on any atom is 0.300 e. The number of benzene rings is 3. The first kappa shape index (κ1) is 23.1. The Bertz CT molecular complexity index is 1250. The van der Waals surface area contributed by atoms with Crippen molar-refractivity contribution in [3.05, 3.63) is 95.1 Å². The monoisotopic (exact) mass is 457 g/mol. The molecule has 34 heavy (non-hydrogen) atoms. The van der Waals surface area contributed by atoms with Crippen LogP contribution in [0.2, 0.25) is 0 Å². The lowest BCUT2D eigenvalue weighted by Crippen LogP contribution is -2.29. The smallest absolute Gasteiger partial charge is 0.300 e. The second kappa shape index (κ2) is 9.43. The number of nitrogens with zero attached hydrogens (tertiary/aromatic N) is 1. The van der Waals surface area contributed by atoms with Crippen LogP contribution in [0.15, 0.2) is 78.4 Å². The molecule has 0 spiro atoms. The van der Waals surface area contributed by atoms with Gasteiger partial charge in [0, 0.05) is 11.3 Å². The molecule has 4 rings (SSSR count). The minimum atomic E-state index is -0.791. The van der Waals surface area contributed by atoms with E-state index in [1.807, 2.05) is 26.8 Å². The van der Waals surface area contributed by atoms with Crippen molar-refractivity contribution in [1.82, 2.24) is 0 Å². The number of Topliss-reactive ketones (excluding diaryl/α,β-unsaturated/α-hetero) is 1. The molecule has 1 amide bonds. The molecule has 6 nitrogen and oxygen atoms in total. The maximum absolute atomic E-state index is 13.2. The third kappa shape index (κ3) is 4.27. The van der Waals surface area contributed by atoms with Crippen molar-refractivity contribution < 1.29 is 24.2 Å². The van der Waals surface area contributed by atoms with E-state index in [1.165, 1.54) is 4.90 Å². The number of para-hydroxylation sites is 1. The third-order valence-corrected chi connectivity index (χ3v) is 5.72. The predicted octanol–water partition coefficient (Wildman–Crippen LogP) is 5.42. The van der Waals surface area contributed by atoms with Crippen LogP contribution in [-0.2, 0) is 9.59 Å². The molecule has 1 fully saturated rings. The zero-order valence-electron chi connectivity index (χ0n) is 19.6. The van der Waals surface area contributed by atoms with Gasteiger partial charge in [-0.3, -0.25) is 14.5 Å². The molecule has 3 aromatic carbocycles. The molecule has 1 aliphatic heterocycles. The summed E-state index contributed by atoms with van der Waals surface area (Å²) >= 11 is 0. The van der Waals surface area contributed by atoms with Gasteiger partial charge in [0.2, 0.25) is 0 Å². The van der Waals surface area contributed by atoms with Crippen molar-refractivity contribution in [3.63, 3.8) is 0 Å². The van der Waals surface area contributed by atoms with E-state index < -0.39 is 17.7 Å². The minimum Gasteiger partial charge on any atom is -0.507 e. The Hall–Kier alpha value is -4.06. The Morgan fingerprint density at radius 3 is 2.24 bits per heavy atom. The van der Waals surface area contributed by atoms with Gasteiger partial charge in [-0.1, -0.05) is 30.3 Å². The fourth-order valence-corrected chi connectivity index (χ4v) is 4.13. The fourth-order valence-electron chi connectivity index (χ4n) is 4.13. The van der Waals surface area contributed by atoms with Gasteiger partial charge in [-0.05, 0) is 74.4 Å². The first-order valence-electron chi connectivity index (χ1n) is 11.1. The first-order valence-corrected chi connectivity index (χ1v) is 11.1. The number of methoxy groups -OCH3 is 1. The molecular weight excluding hydrogens is 430 g/mol. The Kier molecular flexibility index (Phi) is 6.41. The van der Waals surface area contributed by atoms with Crippen LogP contribution in [0.4, 0.5) is 5.69 Å². The summed E-state index contributed by atoms with van der Waals surface area (Å²) in [5, 5.41) is 11.3. The van der Waals surface area contributed by atoms with Crippen molar-refractivity contribution >= 4 is 23.1 Å². The number of aliphatic hydroxyl groups is 1. The summed E-state index contributed by atoms with van der Waals surface area (Å²) in [7, 11) is 1.57. The quantitative estimate of drug-likeness (QED) is 0.304. The van der Waals surface area contributed by atoms with Gasteiger partial charge in [0.05, 0.1) is 24.8 Å². The Labute approximate surface area is 199 Å². The van der Waals surface area contributed by atoms with E-state index in [2.05, 4.69) is 0 Å². The summed E-state index contributed by atoms with van der Waals surface area (Å²) in [5.74, 6) is -0.302. The summed E-state index contributed by atoms with van der Waals surface area (Å²) in [4.78, 5) is 27.9. The van der Waals surface area contributed by atoms with Crippen LogP contribution in [-0.4, -0.2) is 30.0 Å². The maximum atomic E-state index is 13.2. The van der Waals surface area contributed by atoms with Gasteiger partial charge in [0.15, 0.2) is 0 Å². The van der Waals surface area contributed by atoms with E-state index >= 15 is 0 Å². The van der Waals surface area contributed by atoms with Crippen molar-refractivity contribution in [2.45, 2.75) is 32.9 Å². The summed E-state index contributed by atoms with van der Waals surface area (Å²) in [6.07, 6.45) is 0.00409. The number of rotatable bonds is 6. The minimum absolute atomic E-state index is 0.00409. The van der Waals surface area contributed by atoms with Crippen LogP contribution in [0.3, 0.4) is 0 Å². The molecule has 0 bridgehead atoms. The molecule has 1 aliphatic rings. The number of carbonyl (C=O) groups excluding carboxylic acids is 2. The summed E-state index contributed by atoms with van der Waals surface area (Å²) in [6.45, 7) is 5.75. The van der Waals surface area contributed by atoms with E-state index in [-0.39, 0.29) is 17.4 Å². The van der Waals surface area contributed by atoms with Crippen molar-refractivity contribution in [1.29, 1.82) is 0 Å². The number of anilines is 1. The lowest BCUT2D eigenvalue weighted by molar-refractivity contribution is -0.132. The number of aliphatic hydroxyl groups excluding tert-OH is 1. The van der Waals surface area contributed by atoms with Gasteiger partial charge in [-0.25, -0.2) is 0 Å². The molecule has 0 radical (unpaired) electrons. The van der Waals surface area contributed by atoms with Crippen LogP contribution < -0.4 is 14.4 Å². The van der Waals surface area contributed by atoms with Crippen molar-refractivity contribution in [2.75, 3.05) is 12.0 Å². The molecule has 1 atom stereocenters. The number of hydrogen-bond acceptors (Lipinski definition) is 5. The third-order valence-electron chi connectivity index (χ3n) is 5.72. The zero-order valence-corrected chi connectivity index (χ0v) is 19.6. The molecule has 3 aromatic rings. The Balaban J connectivity index is 1.88. The number of carbonyl (C=O) groups is 2. The molecule has 0 aliphatic carbocycles. The molecule has 0 aromatic heterocycles. The standard InChI is InChI=1S/C28H27NO5/c1-17(2)34-23-15-12-20(16-18(23)3)26(30)24-25(19-10-13-22(33-4)14-11-19)29(28(32)27(24)31)21-8-6-5-7-9-21/h5-17,25,30H,1-4H3/b26-24-. The number of hydrogen-bond donors (Lipinski definition) is 1. The summed E-state index contributed by atoms with van der Waals surface area (Å²) in [5.41, 5.74) is 2.55. The molecule has 1 heterocycles.